The highest BCUT2D eigenvalue weighted by Gasteiger charge is 2.21. The molecule has 3 heterocycles. The van der Waals surface area contributed by atoms with E-state index in [0.717, 1.165) is 48.2 Å². The molecule has 0 unspecified atom stereocenters. The van der Waals surface area contributed by atoms with E-state index < -0.39 is 0 Å². The summed E-state index contributed by atoms with van der Waals surface area (Å²) in [6.07, 6.45) is 3.65. The van der Waals surface area contributed by atoms with Crippen LogP contribution in [0.5, 0.6) is 0 Å². The van der Waals surface area contributed by atoms with Gasteiger partial charge in [-0.15, -0.1) is 5.10 Å². The average Bonchev–Trinajstić information content (AvgIpc) is 3.04. The molecule has 2 aromatic heterocycles. The van der Waals surface area contributed by atoms with Crippen LogP contribution in [0.25, 0.3) is 16.6 Å². The number of pyridine rings is 1. The van der Waals surface area contributed by atoms with Gasteiger partial charge in [0.2, 0.25) is 0 Å². The largest absolute Gasteiger partial charge is 0.348 e. The molecule has 1 amide bonds. The van der Waals surface area contributed by atoms with Gasteiger partial charge in [-0.2, -0.15) is 0 Å². The van der Waals surface area contributed by atoms with Crippen LogP contribution < -0.4 is 10.6 Å². The van der Waals surface area contributed by atoms with E-state index in [4.69, 9.17) is 0 Å². The van der Waals surface area contributed by atoms with E-state index in [2.05, 4.69) is 25.9 Å². The standard InChI is InChI=1S/C18H20N6O/c1-12-17(18(25)21-14-6-9-19-10-7-14)22-23-24(12)15-4-5-16-13(11-15)3-2-8-20-16/h2-5,8,11,14,19H,6-7,9-10H2,1H3,(H,21,25). The topological polar surface area (TPSA) is 84.7 Å². The lowest BCUT2D eigenvalue weighted by atomic mass is 10.1. The maximum Gasteiger partial charge on any atom is 0.273 e. The fourth-order valence-corrected chi connectivity index (χ4v) is 3.20. The van der Waals surface area contributed by atoms with E-state index in [1.165, 1.54) is 0 Å². The molecule has 1 fully saturated rings. The van der Waals surface area contributed by atoms with E-state index in [9.17, 15) is 4.79 Å². The number of fused-ring (bicyclic) bond motifs is 1. The third kappa shape index (κ3) is 3.10. The van der Waals surface area contributed by atoms with E-state index in [1.807, 2.05) is 37.3 Å². The van der Waals surface area contributed by atoms with Crippen LogP contribution in [-0.4, -0.2) is 45.0 Å². The molecule has 3 aromatic rings. The van der Waals surface area contributed by atoms with Crippen LogP contribution in [-0.2, 0) is 0 Å². The quantitative estimate of drug-likeness (QED) is 0.759. The fraction of sp³-hybridized carbons (Fsp3) is 0.333. The Morgan fingerprint density at radius 1 is 1.28 bits per heavy atom. The van der Waals surface area contributed by atoms with Crippen molar-refractivity contribution in [1.29, 1.82) is 0 Å². The molecule has 4 rings (SSSR count). The molecular formula is C18H20N6O. The van der Waals surface area contributed by atoms with Gasteiger partial charge in [-0.05, 0) is 57.1 Å². The van der Waals surface area contributed by atoms with Crippen molar-refractivity contribution in [3.05, 3.63) is 47.9 Å². The molecule has 0 saturated carbocycles. The molecule has 1 aliphatic rings. The second kappa shape index (κ2) is 6.60. The van der Waals surface area contributed by atoms with Crippen molar-refractivity contribution in [1.82, 2.24) is 30.6 Å². The minimum absolute atomic E-state index is 0.155. The monoisotopic (exact) mass is 336 g/mol. The summed E-state index contributed by atoms with van der Waals surface area (Å²) in [6, 6.07) is 9.98. The first-order valence-electron chi connectivity index (χ1n) is 8.51. The number of amides is 1. The summed E-state index contributed by atoms with van der Waals surface area (Å²) >= 11 is 0. The third-order valence-electron chi connectivity index (χ3n) is 4.62. The Kier molecular flexibility index (Phi) is 4.15. The second-order valence-corrected chi connectivity index (χ2v) is 6.31. The zero-order valence-electron chi connectivity index (χ0n) is 14.1. The number of hydrogen-bond donors (Lipinski definition) is 2. The molecule has 1 aliphatic heterocycles. The summed E-state index contributed by atoms with van der Waals surface area (Å²) < 4.78 is 1.70. The van der Waals surface area contributed by atoms with Crippen LogP contribution in [0.3, 0.4) is 0 Å². The normalized spacial score (nSPS) is 15.4. The maximum atomic E-state index is 12.5. The number of carbonyl (C=O) groups excluding carboxylic acids is 1. The molecule has 1 saturated heterocycles. The Bertz CT molecular complexity index is 913. The number of nitrogens with one attached hydrogen (secondary N) is 2. The van der Waals surface area contributed by atoms with Gasteiger partial charge in [-0.3, -0.25) is 9.78 Å². The third-order valence-corrected chi connectivity index (χ3v) is 4.62. The number of rotatable bonds is 3. The van der Waals surface area contributed by atoms with Gasteiger partial charge in [0.25, 0.3) is 5.91 Å². The summed E-state index contributed by atoms with van der Waals surface area (Å²) in [5.41, 5.74) is 2.90. The predicted octanol–water partition coefficient (Wildman–Crippen LogP) is 1.61. The van der Waals surface area contributed by atoms with Gasteiger partial charge in [0.1, 0.15) is 0 Å². The molecule has 0 aliphatic carbocycles. The lowest BCUT2D eigenvalue weighted by molar-refractivity contribution is 0.0924. The summed E-state index contributed by atoms with van der Waals surface area (Å²) in [7, 11) is 0. The Hall–Kier alpha value is -2.80. The van der Waals surface area contributed by atoms with Crippen LogP contribution >= 0.6 is 0 Å². The summed E-state index contributed by atoms with van der Waals surface area (Å²) in [6.45, 7) is 3.73. The molecule has 0 bridgehead atoms. The van der Waals surface area contributed by atoms with Gasteiger partial charge >= 0.3 is 0 Å². The number of nitrogens with zero attached hydrogens (tertiary/aromatic N) is 4. The summed E-state index contributed by atoms with van der Waals surface area (Å²) in [4.78, 5) is 16.9. The number of carbonyl (C=O) groups is 1. The zero-order chi connectivity index (χ0) is 17.2. The van der Waals surface area contributed by atoms with Crippen molar-refractivity contribution in [2.24, 2.45) is 0 Å². The highest BCUT2D eigenvalue weighted by molar-refractivity contribution is 5.93. The molecule has 1 aromatic carbocycles. The SMILES string of the molecule is Cc1c(C(=O)NC2CCNCC2)nnn1-c1ccc2ncccc2c1. The van der Waals surface area contributed by atoms with Gasteiger partial charge in [0.05, 0.1) is 16.9 Å². The van der Waals surface area contributed by atoms with Crippen LogP contribution in [0.1, 0.15) is 29.0 Å². The number of aromatic nitrogens is 4. The van der Waals surface area contributed by atoms with Crippen LogP contribution in [0.15, 0.2) is 36.5 Å². The maximum absolute atomic E-state index is 12.5. The number of benzene rings is 1. The first-order valence-corrected chi connectivity index (χ1v) is 8.51. The fourth-order valence-electron chi connectivity index (χ4n) is 3.20. The highest BCUT2D eigenvalue weighted by atomic mass is 16.2. The number of piperidine rings is 1. The van der Waals surface area contributed by atoms with Crippen LogP contribution in [0.4, 0.5) is 0 Å². The lowest BCUT2D eigenvalue weighted by Crippen LogP contribution is -2.43. The molecule has 2 N–H and O–H groups in total. The molecule has 0 radical (unpaired) electrons. The van der Waals surface area contributed by atoms with E-state index in [1.54, 1.807) is 10.9 Å². The Labute approximate surface area is 145 Å². The van der Waals surface area contributed by atoms with Crippen molar-refractivity contribution in [3.8, 4) is 5.69 Å². The Balaban J connectivity index is 1.60. The molecule has 0 atom stereocenters. The Morgan fingerprint density at radius 2 is 2.12 bits per heavy atom. The van der Waals surface area contributed by atoms with E-state index in [-0.39, 0.29) is 11.9 Å². The first-order chi connectivity index (χ1) is 12.2. The minimum atomic E-state index is -0.155. The molecule has 7 heteroatoms. The van der Waals surface area contributed by atoms with E-state index in [0.29, 0.717) is 5.69 Å². The van der Waals surface area contributed by atoms with Gasteiger partial charge in [0, 0.05) is 17.6 Å². The van der Waals surface area contributed by atoms with Gasteiger partial charge in [-0.1, -0.05) is 11.3 Å². The molecule has 0 spiro atoms. The molecule has 128 valence electrons. The highest BCUT2D eigenvalue weighted by Crippen LogP contribution is 2.18. The first kappa shape index (κ1) is 15.7. The van der Waals surface area contributed by atoms with Crippen molar-refractivity contribution >= 4 is 16.8 Å². The van der Waals surface area contributed by atoms with Crippen LogP contribution in [0, 0.1) is 6.92 Å². The van der Waals surface area contributed by atoms with Crippen LogP contribution in [0.2, 0.25) is 0 Å². The predicted molar refractivity (Wildman–Crippen MR) is 94.8 cm³/mol. The summed E-state index contributed by atoms with van der Waals surface area (Å²) in [5.74, 6) is -0.155. The summed E-state index contributed by atoms with van der Waals surface area (Å²) in [5, 5.41) is 15.7. The minimum Gasteiger partial charge on any atom is -0.348 e. The van der Waals surface area contributed by atoms with Crippen molar-refractivity contribution in [3.63, 3.8) is 0 Å². The average molecular weight is 336 g/mol. The van der Waals surface area contributed by atoms with Gasteiger partial charge < -0.3 is 10.6 Å². The lowest BCUT2D eigenvalue weighted by Gasteiger charge is -2.23. The smallest absolute Gasteiger partial charge is 0.273 e. The number of hydrogen-bond acceptors (Lipinski definition) is 5. The van der Waals surface area contributed by atoms with E-state index >= 15 is 0 Å². The molecular weight excluding hydrogens is 316 g/mol. The molecule has 7 nitrogen and oxygen atoms in total. The van der Waals surface area contributed by atoms with Crippen molar-refractivity contribution in [2.45, 2.75) is 25.8 Å². The van der Waals surface area contributed by atoms with Gasteiger partial charge in [-0.25, -0.2) is 4.68 Å². The zero-order valence-corrected chi connectivity index (χ0v) is 14.1. The van der Waals surface area contributed by atoms with Crippen molar-refractivity contribution in [2.75, 3.05) is 13.1 Å². The second-order valence-electron chi connectivity index (χ2n) is 6.31. The Morgan fingerprint density at radius 3 is 2.96 bits per heavy atom. The van der Waals surface area contributed by atoms with Crippen molar-refractivity contribution < 1.29 is 4.79 Å². The van der Waals surface area contributed by atoms with Gasteiger partial charge in [0.15, 0.2) is 5.69 Å². The molecule has 25 heavy (non-hydrogen) atoms.